The number of hydrogen-bond acceptors (Lipinski definition) is 1. The predicted molar refractivity (Wildman–Crippen MR) is 84.5 cm³/mol. The zero-order valence-electron chi connectivity index (χ0n) is 10.9. The van der Waals surface area contributed by atoms with Crippen LogP contribution in [0.15, 0.2) is 40.9 Å². The van der Waals surface area contributed by atoms with E-state index >= 15 is 0 Å². The number of benzene rings is 2. The standard InChI is InChI=1S/C16H9BrClF2N/c1-8-13(18)12-14(20)10(17)7-11(19)16(12)21-15(8)9-5-3-2-4-6-9/h2-7H,1H3. The zero-order valence-corrected chi connectivity index (χ0v) is 13.3. The van der Waals surface area contributed by atoms with E-state index in [-0.39, 0.29) is 20.4 Å². The van der Waals surface area contributed by atoms with E-state index in [9.17, 15) is 8.78 Å². The molecule has 0 spiro atoms. The van der Waals surface area contributed by atoms with Crippen molar-refractivity contribution in [2.75, 3.05) is 0 Å². The number of hydrogen-bond donors (Lipinski definition) is 0. The molecule has 0 aliphatic carbocycles. The summed E-state index contributed by atoms with van der Waals surface area (Å²) in [5, 5.41) is 0.178. The number of halogens is 4. The first-order valence-corrected chi connectivity index (χ1v) is 7.36. The highest BCUT2D eigenvalue weighted by Crippen LogP contribution is 2.37. The molecule has 0 saturated carbocycles. The largest absolute Gasteiger partial charge is 0.244 e. The molecular formula is C16H9BrClF2N. The molecule has 0 unspecified atom stereocenters. The number of nitrogens with zero attached hydrogens (tertiary/aromatic N) is 1. The van der Waals surface area contributed by atoms with Crippen LogP contribution in [0.1, 0.15) is 5.56 Å². The molecule has 3 aromatic rings. The molecule has 5 heteroatoms. The van der Waals surface area contributed by atoms with Crippen molar-refractivity contribution < 1.29 is 8.78 Å². The van der Waals surface area contributed by atoms with Crippen LogP contribution in [-0.2, 0) is 0 Å². The van der Waals surface area contributed by atoms with Crippen LogP contribution in [0.4, 0.5) is 8.78 Å². The molecule has 3 rings (SSSR count). The lowest BCUT2D eigenvalue weighted by Crippen LogP contribution is -1.97. The van der Waals surface area contributed by atoms with Crippen LogP contribution in [0.3, 0.4) is 0 Å². The van der Waals surface area contributed by atoms with E-state index < -0.39 is 11.6 Å². The molecule has 2 aromatic carbocycles. The fraction of sp³-hybridized carbons (Fsp3) is 0.0625. The second kappa shape index (κ2) is 5.35. The molecular weight excluding hydrogens is 360 g/mol. The van der Waals surface area contributed by atoms with Crippen LogP contribution >= 0.6 is 27.5 Å². The van der Waals surface area contributed by atoms with Gasteiger partial charge < -0.3 is 0 Å². The highest BCUT2D eigenvalue weighted by atomic mass is 79.9. The van der Waals surface area contributed by atoms with Crippen LogP contribution in [0.5, 0.6) is 0 Å². The number of pyridine rings is 1. The van der Waals surface area contributed by atoms with Gasteiger partial charge in [-0.3, -0.25) is 0 Å². The Morgan fingerprint density at radius 1 is 1.14 bits per heavy atom. The molecule has 0 radical (unpaired) electrons. The van der Waals surface area contributed by atoms with Crippen molar-refractivity contribution in [2.45, 2.75) is 6.92 Å². The summed E-state index contributed by atoms with van der Waals surface area (Å²) < 4.78 is 28.4. The third kappa shape index (κ3) is 2.32. The summed E-state index contributed by atoms with van der Waals surface area (Å²) in [5.41, 5.74) is 1.91. The maximum Gasteiger partial charge on any atom is 0.150 e. The van der Waals surface area contributed by atoms with Crippen molar-refractivity contribution in [3.05, 3.63) is 63.1 Å². The van der Waals surface area contributed by atoms with Crippen molar-refractivity contribution in [1.29, 1.82) is 0 Å². The van der Waals surface area contributed by atoms with E-state index in [1.807, 2.05) is 30.3 Å². The first kappa shape index (κ1) is 14.4. The maximum absolute atomic E-state index is 14.2. The van der Waals surface area contributed by atoms with Gasteiger partial charge >= 0.3 is 0 Å². The molecule has 0 atom stereocenters. The van der Waals surface area contributed by atoms with Crippen molar-refractivity contribution in [1.82, 2.24) is 4.98 Å². The Morgan fingerprint density at radius 3 is 2.48 bits per heavy atom. The van der Waals surface area contributed by atoms with Crippen LogP contribution in [0.2, 0.25) is 5.02 Å². The van der Waals surface area contributed by atoms with Crippen LogP contribution in [0.25, 0.3) is 22.2 Å². The molecule has 0 saturated heterocycles. The summed E-state index contributed by atoms with van der Waals surface area (Å²) >= 11 is 9.25. The van der Waals surface area contributed by atoms with Gasteiger partial charge in [-0.25, -0.2) is 13.8 Å². The minimum absolute atomic E-state index is 0.000669. The number of fused-ring (bicyclic) bond motifs is 1. The SMILES string of the molecule is Cc1c(-c2ccccc2)nc2c(F)cc(Br)c(F)c2c1Cl. The normalized spacial score (nSPS) is 11.1. The Balaban J connectivity index is 2.44. The Kier molecular flexibility index (Phi) is 3.68. The van der Waals surface area contributed by atoms with Crippen LogP contribution in [0, 0.1) is 18.6 Å². The molecule has 0 aliphatic rings. The smallest absolute Gasteiger partial charge is 0.150 e. The summed E-state index contributed by atoms with van der Waals surface area (Å²) in [5.74, 6) is -1.22. The van der Waals surface area contributed by atoms with Crippen LogP contribution in [-0.4, -0.2) is 4.98 Å². The lowest BCUT2D eigenvalue weighted by molar-refractivity contribution is 0.610. The molecule has 0 aliphatic heterocycles. The van der Waals surface area contributed by atoms with Gasteiger partial charge in [0.2, 0.25) is 0 Å². The van der Waals surface area contributed by atoms with Crippen molar-refractivity contribution in [3.8, 4) is 11.3 Å². The van der Waals surface area contributed by atoms with E-state index in [1.54, 1.807) is 6.92 Å². The molecule has 0 amide bonds. The minimum Gasteiger partial charge on any atom is -0.244 e. The Hall–Kier alpha value is -1.52. The zero-order chi connectivity index (χ0) is 15.1. The van der Waals surface area contributed by atoms with E-state index in [4.69, 9.17) is 11.6 Å². The summed E-state index contributed by atoms with van der Waals surface area (Å²) in [6.07, 6.45) is 0. The second-order valence-corrected chi connectivity index (χ2v) is 5.88. The fourth-order valence-electron chi connectivity index (χ4n) is 2.26. The quantitative estimate of drug-likeness (QED) is 0.487. The minimum atomic E-state index is -0.614. The second-order valence-electron chi connectivity index (χ2n) is 4.64. The highest BCUT2D eigenvalue weighted by Gasteiger charge is 2.19. The molecule has 0 fully saturated rings. The first-order valence-electron chi connectivity index (χ1n) is 6.19. The molecule has 106 valence electrons. The number of aromatic nitrogens is 1. The molecule has 1 aromatic heterocycles. The Labute approximate surface area is 133 Å². The molecule has 0 N–H and O–H groups in total. The first-order chi connectivity index (χ1) is 10.0. The van der Waals surface area contributed by atoms with Crippen molar-refractivity contribution >= 4 is 38.4 Å². The average molecular weight is 369 g/mol. The summed E-state index contributed by atoms with van der Waals surface area (Å²) in [6.45, 7) is 1.75. The van der Waals surface area contributed by atoms with Crippen LogP contribution < -0.4 is 0 Å². The number of rotatable bonds is 1. The third-order valence-electron chi connectivity index (χ3n) is 3.32. The lowest BCUT2D eigenvalue weighted by atomic mass is 10.0. The summed E-state index contributed by atoms with van der Waals surface area (Å²) in [4.78, 5) is 4.29. The summed E-state index contributed by atoms with van der Waals surface area (Å²) in [6, 6.07) is 10.3. The van der Waals surface area contributed by atoms with E-state index in [1.165, 1.54) is 0 Å². The Bertz CT molecular complexity index is 850. The van der Waals surface area contributed by atoms with Gasteiger partial charge in [0, 0.05) is 5.56 Å². The topological polar surface area (TPSA) is 12.9 Å². The predicted octanol–water partition coefficient (Wildman–Crippen LogP) is 5.90. The molecule has 21 heavy (non-hydrogen) atoms. The third-order valence-corrected chi connectivity index (χ3v) is 4.37. The van der Waals surface area contributed by atoms with Gasteiger partial charge in [0.15, 0.2) is 5.82 Å². The summed E-state index contributed by atoms with van der Waals surface area (Å²) in [7, 11) is 0. The Morgan fingerprint density at radius 2 is 1.81 bits per heavy atom. The van der Waals surface area contributed by atoms with E-state index in [0.29, 0.717) is 11.3 Å². The van der Waals surface area contributed by atoms with Gasteiger partial charge in [0.25, 0.3) is 0 Å². The fourth-order valence-corrected chi connectivity index (χ4v) is 2.92. The lowest BCUT2D eigenvalue weighted by Gasteiger charge is -2.12. The van der Waals surface area contributed by atoms with Gasteiger partial charge in [0.1, 0.15) is 11.3 Å². The monoisotopic (exact) mass is 367 g/mol. The molecule has 1 heterocycles. The van der Waals surface area contributed by atoms with Gasteiger partial charge in [0.05, 0.1) is 20.6 Å². The van der Waals surface area contributed by atoms with Gasteiger partial charge in [-0.15, -0.1) is 0 Å². The highest BCUT2D eigenvalue weighted by molar-refractivity contribution is 9.10. The maximum atomic E-state index is 14.2. The molecule has 0 bridgehead atoms. The van der Waals surface area contributed by atoms with E-state index in [2.05, 4.69) is 20.9 Å². The van der Waals surface area contributed by atoms with Gasteiger partial charge in [-0.1, -0.05) is 41.9 Å². The average Bonchev–Trinajstić information content (AvgIpc) is 2.48. The van der Waals surface area contributed by atoms with Gasteiger partial charge in [-0.05, 0) is 34.5 Å². The van der Waals surface area contributed by atoms with Gasteiger partial charge in [-0.2, -0.15) is 0 Å². The van der Waals surface area contributed by atoms with E-state index in [0.717, 1.165) is 11.6 Å². The molecule has 1 nitrogen and oxygen atoms in total. The van der Waals surface area contributed by atoms with Crippen molar-refractivity contribution in [2.24, 2.45) is 0 Å². The van der Waals surface area contributed by atoms with Crippen molar-refractivity contribution in [3.63, 3.8) is 0 Å².